The van der Waals surface area contributed by atoms with Crippen LogP contribution in [0.1, 0.15) is 25.7 Å². The van der Waals surface area contributed by atoms with Crippen molar-refractivity contribution in [3.8, 4) is 0 Å². The van der Waals surface area contributed by atoms with E-state index in [0.717, 1.165) is 12.5 Å². The number of fused-ring (bicyclic) bond motifs is 2. The zero-order valence-electron chi connectivity index (χ0n) is 11.1. The predicted octanol–water partition coefficient (Wildman–Crippen LogP) is 4.15. The molecule has 1 heterocycles. The molecule has 0 bridgehead atoms. The minimum Gasteiger partial charge on any atom is -0.273 e. The summed E-state index contributed by atoms with van der Waals surface area (Å²) >= 11 is 0. The van der Waals surface area contributed by atoms with E-state index in [2.05, 4.69) is 47.5 Å². The first kappa shape index (κ1) is 11.3. The summed E-state index contributed by atoms with van der Waals surface area (Å²) in [5.74, 6) is 0.729. The number of hydrogen-bond acceptors (Lipinski definition) is 2. The molecule has 2 unspecified atom stereocenters. The van der Waals surface area contributed by atoms with E-state index in [1.807, 2.05) is 0 Å². The van der Waals surface area contributed by atoms with Crippen molar-refractivity contribution in [1.29, 1.82) is 0 Å². The van der Waals surface area contributed by atoms with Gasteiger partial charge in [0.25, 0.3) is 0 Å². The molecule has 0 N–H and O–H groups in total. The van der Waals surface area contributed by atoms with Crippen molar-refractivity contribution >= 4 is 16.5 Å². The van der Waals surface area contributed by atoms with Crippen molar-refractivity contribution in [3.63, 3.8) is 0 Å². The largest absolute Gasteiger partial charge is 0.273 e. The van der Waals surface area contributed by atoms with E-state index in [-0.39, 0.29) is 0 Å². The highest BCUT2D eigenvalue weighted by Crippen LogP contribution is 2.39. The van der Waals surface area contributed by atoms with E-state index in [1.54, 1.807) is 0 Å². The van der Waals surface area contributed by atoms with Gasteiger partial charge in [0.2, 0.25) is 0 Å². The molecule has 1 aliphatic heterocycles. The molecule has 2 fully saturated rings. The second kappa shape index (κ2) is 4.53. The van der Waals surface area contributed by atoms with E-state index in [1.165, 1.54) is 42.1 Å². The summed E-state index contributed by atoms with van der Waals surface area (Å²) < 4.78 is 0. The highest BCUT2D eigenvalue weighted by molar-refractivity contribution is 5.94. The minimum absolute atomic E-state index is 0.583. The summed E-state index contributed by atoms with van der Waals surface area (Å²) in [6.45, 7) is 0.897. The van der Waals surface area contributed by atoms with Crippen LogP contribution < -0.4 is 5.06 Å². The van der Waals surface area contributed by atoms with E-state index < -0.39 is 0 Å². The van der Waals surface area contributed by atoms with Crippen LogP contribution in [0.3, 0.4) is 0 Å². The van der Waals surface area contributed by atoms with Crippen LogP contribution in [0.15, 0.2) is 42.5 Å². The van der Waals surface area contributed by atoms with E-state index in [4.69, 9.17) is 4.84 Å². The molecule has 0 aromatic heterocycles. The molecule has 2 aliphatic rings. The van der Waals surface area contributed by atoms with Gasteiger partial charge in [0.15, 0.2) is 0 Å². The average Bonchev–Trinajstić information content (AvgIpc) is 2.90. The van der Waals surface area contributed by atoms with Crippen LogP contribution in [0, 0.1) is 5.92 Å². The van der Waals surface area contributed by atoms with Gasteiger partial charge < -0.3 is 0 Å². The van der Waals surface area contributed by atoms with Gasteiger partial charge in [0.1, 0.15) is 0 Å². The number of nitrogens with zero attached hydrogens (tertiary/aromatic N) is 1. The van der Waals surface area contributed by atoms with Gasteiger partial charge in [-0.15, -0.1) is 0 Å². The fraction of sp³-hybridized carbons (Fsp3) is 0.412. The van der Waals surface area contributed by atoms with E-state index in [9.17, 15) is 0 Å². The van der Waals surface area contributed by atoms with Crippen LogP contribution >= 0.6 is 0 Å². The normalized spacial score (nSPS) is 26.6. The maximum absolute atomic E-state index is 6.03. The van der Waals surface area contributed by atoms with Crippen molar-refractivity contribution in [2.75, 3.05) is 11.7 Å². The molecule has 0 amide bonds. The van der Waals surface area contributed by atoms with Crippen LogP contribution in [0.4, 0.5) is 5.69 Å². The number of hydrogen-bond donors (Lipinski definition) is 0. The van der Waals surface area contributed by atoms with Crippen molar-refractivity contribution in [2.45, 2.75) is 31.7 Å². The first-order valence-electron chi connectivity index (χ1n) is 7.33. The minimum atomic E-state index is 0.583. The van der Waals surface area contributed by atoms with Crippen molar-refractivity contribution < 1.29 is 4.84 Å². The van der Waals surface area contributed by atoms with Gasteiger partial charge in [-0.25, -0.2) is 0 Å². The van der Waals surface area contributed by atoms with Crippen molar-refractivity contribution in [3.05, 3.63) is 42.5 Å². The van der Waals surface area contributed by atoms with Gasteiger partial charge >= 0.3 is 0 Å². The molecule has 0 radical (unpaired) electrons. The molecule has 2 atom stereocenters. The third-order valence-electron chi connectivity index (χ3n) is 4.60. The quantitative estimate of drug-likeness (QED) is 0.757. The average molecular weight is 253 g/mol. The van der Waals surface area contributed by atoms with Crippen LogP contribution in [-0.2, 0) is 4.84 Å². The summed E-state index contributed by atoms with van der Waals surface area (Å²) in [5.41, 5.74) is 1.24. The van der Waals surface area contributed by atoms with Crippen LogP contribution in [0.25, 0.3) is 10.8 Å². The molecular formula is C17H19NO. The Morgan fingerprint density at radius 3 is 2.79 bits per heavy atom. The van der Waals surface area contributed by atoms with Gasteiger partial charge in [-0.1, -0.05) is 49.2 Å². The molecule has 1 aliphatic carbocycles. The molecule has 4 rings (SSSR count). The van der Waals surface area contributed by atoms with E-state index >= 15 is 0 Å². The van der Waals surface area contributed by atoms with E-state index in [0.29, 0.717) is 6.04 Å². The first-order chi connectivity index (χ1) is 9.43. The lowest BCUT2D eigenvalue weighted by Crippen LogP contribution is -2.34. The monoisotopic (exact) mass is 253 g/mol. The van der Waals surface area contributed by atoms with Gasteiger partial charge in [0, 0.05) is 11.3 Å². The molecule has 0 spiro atoms. The Hall–Kier alpha value is -1.54. The summed E-state index contributed by atoms with van der Waals surface area (Å²) in [6.07, 6.45) is 5.31. The van der Waals surface area contributed by atoms with Gasteiger partial charge in [-0.2, -0.15) is 0 Å². The molecule has 1 saturated heterocycles. The smallest absolute Gasteiger partial charge is 0.0797 e. The molecule has 2 heteroatoms. The standard InChI is InChI=1S/C17H19NO/c1-3-9-15-13(6-1)8-5-11-17(15)18-16-10-4-2-7-14(16)12-19-18/h1,3,5-6,8-9,11,14,16H,2,4,7,10,12H2. The Labute approximate surface area is 113 Å². The lowest BCUT2D eigenvalue weighted by Gasteiger charge is -2.31. The third-order valence-corrected chi connectivity index (χ3v) is 4.60. The highest BCUT2D eigenvalue weighted by atomic mass is 16.7. The van der Waals surface area contributed by atoms with Crippen molar-refractivity contribution in [1.82, 2.24) is 0 Å². The first-order valence-corrected chi connectivity index (χ1v) is 7.33. The second-order valence-electron chi connectivity index (χ2n) is 5.73. The molecule has 2 nitrogen and oxygen atoms in total. The number of hydroxylamine groups is 1. The second-order valence-corrected chi connectivity index (χ2v) is 5.73. The Balaban J connectivity index is 1.78. The summed E-state index contributed by atoms with van der Waals surface area (Å²) in [7, 11) is 0. The van der Waals surface area contributed by atoms with Gasteiger partial charge in [0.05, 0.1) is 18.3 Å². The van der Waals surface area contributed by atoms with Crippen molar-refractivity contribution in [2.24, 2.45) is 5.92 Å². The maximum Gasteiger partial charge on any atom is 0.0797 e. The summed E-state index contributed by atoms with van der Waals surface area (Å²) in [5, 5.41) is 4.80. The third kappa shape index (κ3) is 1.82. The highest BCUT2D eigenvalue weighted by Gasteiger charge is 2.37. The number of rotatable bonds is 1. The number of anilines is 1. The molecule has 19 heavy (non-hydrogen) atoms. The number of benzene rings is 2. The molecule has 98 valence electrons. The maximum atomic E-state index is 6.03. The fourth-order valence-electron chi connectivity index (χ4n) is 3.61. The predicted molar refractivity (Wildman–Crippen MR) is 78.1 cm³/mol. The summed E-state index contributed by atoms with van der Waals surface area (Å²) in [4.78, 5) is 6.03. The lowest BCUT2D eigenvalue weighted by molar-refractivity contribution is 0.154. The molecule has 2 aromatic rings. The van der Waals surface area contributed by atoms with Crippen LogP contribution in [-0.4, -0.2) is 12.6 Å². The molecule has 2 aromatic carbocycles. The fourth-order valence-corrected chi connectivity index (χ4v) is 3.61. The zero-order valence-corrected chi connectivity index (χ0v) is 11.1. The molecular weight excluding hydrogens is 234 g/mol. The Kier molecular flexibility index (Phi) is 2.70. The SMILES string of the molecule is c1ccc2c(N3OCC4CCCCC43)cccc2c1. The van der Waals surface area contributed by atoms with Crippen LogP contribution in [0.2, 0.25) is 0 Å². The van der Waals surface area contributed by atoms with Gasteiger partial charge in [-0.05, 0) is 24.3 Å². The van der Waals surface area contributed by atoms with Gasteiger partial charge in [-0.3, -0.25) is 9.90 Å². The Morgan fingerprint density at radius 1 is 0.947 bits per heavy atom. The summed E-state index contributed by atoms with van der Waals surface area (Å²) in [6, 6.07) is 15.7. The Bertz CT molecular complexity index is 589. The Morgan fingerprint density at radius 2 is 1.79 bits per heavy atom. The lowest BCUT2D eigenvalue weighted by atomic mass is 9.85. The zero-order chi connectivity index (χ0) is 12.7. The topological polar surface area (TPSA) is 12.5 Å². The molecule has 1 saturated carbocycles. The van der Waals surface area contributed by atoms with Crippen LogP contribution in [0.5, 0.6) is 0 Å².